The molecule has 0 aliphatic carbocycles. The molecule has 1 aromatic heterocycles. The Kier molecular flexibility index (Phi) is 3.99. The molecule has 0 atom stereocenters. The molecule has 2 rings (SSSR count). The summed E-state index contributed by atoms with van der Waals surface area (Å²) in [4.78, 5) is 8.35. The molecule has 94 valence electrons. The van der Waals surface area contributed by atoms with Crippen LogP contribution in [0.15, 0.2) is 34.9 Å². The minimum Gasteiger partial charge on any atom is -0.480 e. The fourth-order valence-corrected chi connectivity index (χ4v) is 1.82. The summed E-state index contributed by atoms with van der Waals surface area (Å²) in [6, 6.07) is 7.65. The molecule has 1 aromatic carbocycles. The molecule has 0 saturated carbocycles. The molecule has 0 aliphatic heterocycles. The van der Waals surface area contributed by atoms with E-state index >= 15 is 0 Å². The summed E-state index contributed by atoms with van der Waals surface area (Å²) in [5.41, 5.74) is 7.52. The molecule has 1 heterocycles. The third-order valence-corrected chi connectivity index (χ3v) is 2.85. The van der Waals surface area contributed by atoms with Crippen LogP contribution >= 0.6 is 15.9 Å². The zero-order valence-electron chi connectivity index (χ0n) is 9.85. The van der Waals surface area contributed by atoms with E-state index in [1.54, 1.807) is 13.3 Å². The highest BCUT2D eigenvalue weighted by atomic mass is 79.9. The molecule has 0 saturated heterocycles. The van der Waals surface area contributed by atoms with Gasteiger partial charge in [0.05, 0.1) is 17.8 Å². The number of halogens is 1. The van der Waals surface area contributed by atoms with Crippen LogP contribution in [-0.4, -0.2) is 17.1 Å². The van der Waals surface area contributed by atoms with Gasteiger partial charge in [0.25, 0.3) is 0 Å². The van der Waals surface area contributed by atoms with Crippen molar-refractivity contribution in [3.8, 4) is 5.88 Å². The van der Waals surface area contributed by atoms with Crippen molar-refractivity contribution in [2.24, 2.45) is 0 Å². The van der Waals surface area contributed by atoms with Crippen LogP contribution in [-0.2, 0) is 6.54 Å². The Morgan fingerprint density at radius 2 is 2.28 bits per heavy atom. The Balaban J connectivity index is 2.06. The first kappa shape index (κ1) is 12.6. The zero-order valence-corrected chi connectivity index (χ0v) is 11.4. The lowest BCUT2D eigenvalue weighted by molar-refractivity contribution is 0.394. The third-order valence-electron chi connectivity index (χ3n) is 2.31. The Morgan fingerprint density at radius 1 is 1.44 bits per heavy atom. The molecule has 0 unspecified atom stereocenters. The lowest BCUT2D eigenvalue weighted by Gasteiger charge is -2.07. The van der Waals surface area contributed by atoms with Crippen molar-refractivity contribution in [3.63, 3.8) is 0 Å². The van der Waals surface area contributed by atoms with E-state index in [-0.39, 0.29) is 0 Å². The first-order valence-electron chi connectivity index (χ1n) is 5.34. The fourth-order valence-electron chi connectivity index (χ4n) is 1.46. The summed E-state index contributed by atoms with van der Waals surface area (Å²) >= 11 is 3.30. The van der Waals surface area contributed by atoms with Crippen LogP contribution in [0, 0.1) is 0 Å². The Bertz CT molecular complexity index is 547. The fraction of sp³-hybridized carbons (Fsp3) is 0.167. The van der Waals surface area contributed by atoms with Gasteiger partial charge in [-0.3, -0.25) is 0 Å². The molecule has 18 heavy (non-hydrogen) atoms. The molecule has 0 fully saturated rings. The molecule has 0 amide bonds. The highest BCUT2D eigenvalue weighted by molar-refractivity contribution is 9.10. The highest BCUT2D eigenvalue weighted by Gasteiger charge is 2.04. The number of hydrogen-bond donors (Lipinski definition) is 2. The smallest absolute Gasteiger partial charge is 0.232 e. The SMILES string of the molecule is COc1nc(NCc2cccc(N)c2)ncc1Br. The van der Waals surface area contributed by atoms with Crippen LogP contribution in [0.3, 0.4) is 0 Å². The van der Waals surface area contributed by atoms with E-state index in [4.69, 9.17) is 10.5 Å². The van der Waals surface area contributed by atoms with Crippen molar-refractivity contribution in [1.29, 1.82) is 0 Å². The zero-order chi connectivity index (χ0) is 13.0. The number of nitrogen functional groups attached to an aromatic ring is 1. The highest BCUT2D eigenvalue weighted by Crippen LogP contribution is 2.22. The maximum Gasteiger partial charge on any atom is 0.232 e. The second kappa shape index (κ2) is 5.68. The third kappa shape index (κ3) is 3.10. The van der Waals surface area contributed by atoms with Gasteiger partial charge in [0.1, 0.15) is 0 Å². The van der Waals surface area contributed by atoms with Gasteiger partial charge in [0.15, 0.2) is 0 Å². The van der Waals surface area contributed by atoms with Crippen LogP contribution < -0.4 is 15.8 Å². The summed E-state index contributed by atoms with van der Waals surface area (Å²) in [5.74, 6) is 1.01. The van der Waals surface area contributed by atoms with Crippen molar-refractivity contribution < 1.29 is 4.74 Å². The lowest BCUT2D eigenvalue weighted by Crippen LogP contribution is -2.04. The van der Waals surface area contributed by atoms with Gasteiger partial charge in [-0.05, 0) is 33.6 Å². The predicted octanol–water partition coefficient (Wildman–Crippen LogP) is 2.44. The van der Waals surface area contributed by atoms with Crippen LogP contribution in [0.2, 0.25) is 0 Å². The largest absolute Gasteiger partial charge is 0.480 e. The van der Waals surface area contributed by atoms with Crippen molar-refractivity contribution in [2.75, 3.05) is 18.2 Å². The van der Waals surface area contributed by atoms with E-state index in [9.17, 15) is 0 Å². The number of nitrogens with two attached hydrogens (primary N) is 1. The topological polar surface area (TPSA) is 73.1 Å². The maximum atomic E-state index is 5.71. The number of rotatable bonds is 4. The van der Waals surface area contributed by atoms with Gasteiger partial charge in [-0.25, -0.2) is 4.98 Å². The molecule has 0 radical (unpaired) electrons. The Morgan fingerprint density at radius 3 is 3.00 bits per heavy atom. The quantitative estimate of drug-likeness (QED) is 0.849. The molecule has 5 nitrogen and oxygen atoms in total. The number of anilines is 2. The standard InChI is InChI=1S/C12H13BrN4O/c1-18-11-10(13)7-16-12(17-11)15-6-8-3-2-4-9(14)5-8/h2-5,7H,6,14H2,1H3,(H,15,16,17). The normalized spacial score (nSPS) is 10.1. The van der Waals surface area contributed by atoms with Crippen molar-refractivity contribution >= 4 is 27.6 Å². The van der Waals surface area contributed by atoms with E-state index in [2.05, 4.69) is 31.2 Å². The minimum atomic E-state index is 0.500. The molecule has 0 bridgehead atoms. The van der Waals surface area contributed by atoms with Crippen LogP contribution in [0.1, 0.15) is 5.56 Å². The van der Waals surface area contributed by atoms with Crippen molar-refractivity contribution in [2.45, 2.75) is 6.54 Å². The van der Waals surface area contributed by atoms with E-state index in [1.807, 2.05) is 24.3 Å². The summed E-state index contributed by atoms with van der Waals surface area (Å²) < 4.78 is 5.82. The summed E-state index contributed by atoms with van der Waals surface area (Å²) in [5, 5.41) is 3.11. The molecule has 0 aliphatic rings. The molecule has 2 aromatic rings. The van der Waals surface area contributed by atoms with Gasteiger partial charge in [-0.2, -0.15) is 4.98 Å². The lowest BCUT2D eigenvalue weighted by atomic mass is 10.2. The summed E-state index contributed by atoms with van der Waals surface area (Å²) in [6.45, 7) is 0.607. The van der Waals surface area contributed by atoms with Gasteiger partial charge in [-0.15, -0.1) is 0 Å². The molecular weight excluding hydrogens is 296 g/mol. The number of aromatic nitrogens is 2. The Hall–Kier alpha value is -1.82. The predicted molar refractivity (Wildman–Crippen MR) is 74.5 cm³/mol. The number of methoxy groups -OCH3 is 1. The first-order chi connectivity index (χ1) is 8.69. The van der Waals surface area contributed by atoms with E-state index in [1.165, 1.54) is 0 Å². The summed E-state index contributed by atoms with van der Waals surface area (Å²) in [7, 11) is 1.56. The van der Waals surface area contributed by atoms with Crippen molar-refractivity contribution in [3.05, 3.63) is 40.5 Å². The number of ether oxygens (including phenoxy) is 1. The van der Waals surface area contributed by atoms with Gasteiger partial charge < -0.3 is 15.8 Å². The average Bonchev–Trinajstić information content (AvgIpc) is 2.38. The van der Waals surface area contributed by atoms with Crippen LogP contribution in [0.5, 0.6) is 5.88 Å². The van der Waals surface area contributed by atoms with E-state index < -0.39 is 0 Å². The van der Waals surface area contributed by atoms with Gasteiger partial charge in [-0.1, -0.05) is 12.1 Å². The van der Waals surface area contributed by atoms with E-state index in [0.29, 0.717) is 18.4 Å². The first-order valence-corrected chi connectivity index (χ1v) is 6.13. The van der Waals surface area contributed by atoms with Gasteiger partial charge in [0.2, 0.25) is 11.8 Å². The second-order valence-corrected chi connectivity index (χ2v) is 4.50. The number of hydrogen-bond acceptors (Lipinski definition) is 5. The molecular formula is C12H13BrN4O. The number of nitrogens with zero attached hydrogens (tertiary/aromatic N) is 2. The monoisotopic (exact) mass is 308 g/mol. The van der Waals surface area contributed by atoms with Crippen LogP contribution in [0.4, 0.5) is 11.6 Å². The average molecular weight is 309 g/mol. The molecule has 3 N–H and O–H groups in total. The number of benzene rings is 1. The Labute approximate surface area is 114 Å². The maximum absolute atomic E-state index is 5.71. The van der Waals surface area contributed by atoms with Crippen molar-refractivity contribution in [1.82, 2.24) is 9.97 Å². The molecule has 0 spiro atoms. The van der Waals surface area contributed by atoms with E-state index in [0.717, 1.165) is 15.7 Å². The summed E-state index contributed by atoms with van der Waals surface area (Å²) in [6.07, 6.45) is 1.65. The minimum absolute atomic E-state index is 0.500. The van der Waals surface area contributed by atoms with Crippen LogP contribution in [0.25, 0.3) is 0 Å². The second-order valence-electron chi connectivity index (χ2n) is 3.65. The number of nitrogens with one attached hydrogen (secondary N) is 1. The molecule has 6 heteroatoms. The van der Waals surface area contributed by atoms with Gasteiger partial charge >= 0.3 is 0 Å². The van der Waals surface area contributed by atoms with Gasteiger partial charge in [0, 0.05) is 12.2 Å².